The van der Waals surface area contributed by atoms with Crippen LogP contribution in [0.3, 0.4) is 0 Å². The van der Waals surface area contributed by atoms with Crippen LogP contribution in [-0.4, -0.2) is 40.0 Å². The van der Waals surface area contributed by atoms with E-state index in [1.807, 2.05) is 0 Å². The Morgan fingerprint density at radius 1 is 1.03 bits per heavy atom. The van der Waals surface area contributed by atoms with Crippen LogP contribution in [0.15, 0.2) is 48.7 Å². The predicted octanol–water partition coefficient (Wildman–Crippen LogP) is 5.10. The molecule has 0 aliphatic heterocycles. The van der Waals surface area contributed by atoms with Crippen molar-refractivity contribution in [3.63, 3.8) is 0 Å². The molecule has 9 nitrogen and oxygen atoms in total. The number of rotatable bonds is 6. The molecule has 1 aromatic heterocycles. The Morgan fingerprint density at radius 3 is 2.34 bits per heavy atom. The zero-order chi connectivity index (χ0) is 25.8. The van der Waals surface area contributed by atoms with Gasteiger partial charge in [-0.25, -0.2) is 18.7 Å². The lowest BCUT2D eigenvalue weighted by molar-refractivity contribution is 0.0524. The van der Waals surface area contributed by atoms with Crippen molar-refractivity contribution >= 4 is 29.3 Å². The average Bonchev–Trinajstić information content (AvgIpc) is 3.16. The number of carbonyl (C=O) groups is 3. The van der Waals surface area contributed by atoms with Crippen molar-refractivity contribution in [2.24, 2.45) is 0 Å². The van der Waals surface area contributed by atoms with Crippen LogP contribution in [0.2, 0.25) is 0 Å². The van der Waals surface area contributed by atoms with E-state index >= 15 is 0 Å². The lowest BCUT2D eigenvalue weighted by Gasteiger charge is -2.20. The van der Waals surface area contributed by atoms with Gasteiger partial charge in [0.2, 0.25) is 0 Å². The molecule has 0 aliphatic rings. The summed E-state index contributed by atoms with van der Waals surface area (Å²) >= 11 is 0. The Morgan fingerprint density at radius 2 is 1.71 bits per heavy atom. The number of halogens is 1. The van der Waals surface area contributed by atoms with E-state index in [-0.39, 0.29) is 23.5 Å². The second-order valence-electron chi connectivity index (χ2n) is 8.59. The van der Waals surface area contributed by atoms with Crippen molar-refractivity contribution in [1.82, 2.24) is 9.78 Å². The number of hydrogen-bond acceptors (Lipinski definition) is 6. The minimum atomic E-state index is -0.735. The van der Waals surface area contributed by atoms with Gasteiger partial charge in [0.05, 0.1) is 35.6 Å². The van der Waals surface area contributed by atoms with Gasteiger partial charge in [-0.1, -0.05) is 0 Å². The Bertz CT molecular complexity index is 1250. The molecule has 0 spiro atoms. The van der Waals surface area contributed by atoms with Crippen molar-refractivity contribution < 1.29 is 28.2 Å². The summed E-state index contributed by atoms with van der Waals surface area (Å²) in [5, 5.41) is 9.35. The number of carbonyl (C=O) groups excluding carboxylic acids is 3. The number of aromatic nitrogens is 2. The van der Waals surface area contributed by atoms with E-state index < -0.39 is 29.4 Å². The summed E-state index contributed by atoms with van der Waals surface area (Å²) in [5.41, 5.74) is 1.41. The lowest BCUT2D eigenvalue weighted by Crippen LogP contribution is -2.27. The summed E-state index contributed by atoms with van der Waals surface area (Å²) in [4.78, 5) is 37.0. The fourth-order valence-corrected chi connectivity index (χ4v) is 3.17. The minimum absolute atomic E-state index is 0.0759. The van der Waals surface area contributed by atoms with E-state index in [2.05, 4.69) is 15.7 Å². The number of nitrogens with one attached hydrogen (secondary N) is 2. The van der Waals surface area contributed by atoms with Crippen molar-refractivity contribution in [3.05, 3.63) is 71.3 Å². The molecule has 35 heavy (non-hydrogen) atoms. The lowest BCUT2D eigenvalue weighted by atomic mass is 10.1. The summed E-state index contributed by atoms with van der Waals surface area (Å²) in [7, 11) is 0. The van der Waals surface area contributed by atoms with Crippen molar-refractivity contribution in [2.45, 2.75) is 40.2 Å². The highest BCUT2D eigenvalue weighted by molar-refractivity contribution is 6.07. The first-order valence-electron chi connectivity index (χ1n) is 10.9. The van der Waals surface area contributed by atoms with Crippen molar-refractivity contribution in [2.75, 3.05) is 17.2 Å². The van der Waals surface area contributed by atoms with Gasteiger partial charge in [-0.05, 0) is 77.1 Å². The normalized spacial score (nSPS) is 11.0. The first-order valence-corrected chi connectivity index (χ1v) is 10.9. The molecule has 3 aromatic rings. The van der Waals surface area contributed by atoms with Crippen LogP contribution in [0.1, 0.15) is 54.1 Å². The minimum Gasteiger partial charge on any atom is -0.462 e. The molecule has 0 saturated heterocycles. The number of nitrogens with zero attached hydrogens (tertiary/aromatic N) is 2. The largest absolute Gasteiger partial charge is 0.462 e. The van der Waals surface area contributed by atoms with Crippen LogP contribution in [0.5, 0.6) is 0 Å². The van der Waals surface area contributed by atoms with Gasteiger partial charge in [-0.2, -0.15) is 5.10 Å². The van der Waals surface area contributed by atoms with Crippen molar-refractivity contribution in [3.8, 4) is 5.69 Å². The Balaban J connectivity index is 1.77. The zero-order valence-electron chi connectivity index (χ0n) is 20.1. The number of amides is 2. The molecule has 184 valence electrons. The highest BCUT2D eigenvalue weighted by atomic mass is 19.1. The fourth-order valence-electron chi connectivity index (χ4n) is 3.17. The number of anilines is 2. The molecule has 2 N–H and O–H groups in total. The molecule has 0 radical (unpaired) electrons. The molecule has 0 unspecified atom stereocenters. The maximum Gasteiger partial charge on any atom is 0.412 e. The smallest absolute Gasteiger partial charge is 0.412 e. The number of ether oxygens (including phenoxy) is 2. The van der Waals surface area contributed by atoms with Gasteiger partial charge in [-0.3, -0.25) is 10.1 Å². The van der Waals surface area contributed by atoms with E-state index in [9.17, 15) is 18.8 Å². The number of esters is 1. The third-order valence-electron chi connectivity index (χ3n) is 4.74. The molecule has 0 aliphatic carbocycles. The SMILES string of the molecule is CCOC(=O)c1cnn(-c2ccc(C(=O)Nc3cc(F)ccc3NC(=O)OC(C)(C)C)cc2)c1C. The molecule has 3 rings (SSSR count). The van der Waals surface area contributed by atoms with E-state index in [0.29, 0.717) is 16.9 Å². The summed E-state index contributed by atoms with van der Waals surface area (Å²) in [5.74, 6) is -1.56. The third kappa shape index (κ3) is 6.44. The topological polar surface area (TPSA) is 112 Å². The second-order valence-corrected chi connectivity index (χ2v) is 8.59. The monoisotopic (exact) mass is 482 g/mol. The first kappa shape index (κ1) is 25.4. The van der Waals surface area contributed by atoms with Crippen molar-refractivity contribution in [1.29, 1.82) is 0 Å². The number of hydrogen-bond donors (Lipinski definition) is 2. The predicted molar refractivity (Wildman–Crippen MR) is 128 cm³/mol. The zero-order valence-corrected chi connectivity index (χ0v) is 20.1. The molecular weight excluding hydrogens is 455 g/mol. The van der Waals surface area contributed by atoms with E-state index in [1.54, 1.807) is 63.6 Å². The van der Waals surface area contributed by atoms with Gasteiger partial charge in [0.15, 0.2) is 0 Å². The van der Waals surface area contributed by atoms with Gasteiger partial charge in [-0.15, -0.1) is 0 Å². The molecular formula is C25H27FN4O5. The Hall–Kier alpha value is -4.21. The molecule has 0 fully saturated rings. The highest BCUT2D eigenvalue weighted by Crippen LogP contribution is 2.25. The molecule has 2 aromatic carbocycles. The summed E-state index contributed by atoms with van der Waals surface area (Å²) in [6, 6.07) is 10.0. The van der Waals surface area contributed by atoms with Gasteiger partial charge >= 0.3 is 12.1 Å². The molecule has 0 saturated carbocycles. The van der Waals surface area contributed by atoms with E-state index in [4.69, 9.17) is 9.47 Å². The Labute approximate surface area is 202 Å². The van der Waals surface area contributed by atoms with Crippen LogP contribution >= 0.6 is 0 Å². The van der Waals surface area contributed by atoms with Crippen LogP contribution in [0, 0.1) is 12.7 Å². The summed E-state index contributed by atoms with van der Waals surface area (Å²) in [6.07, 6.45) is 0.692. The molecule has 0 bridgehead atoms. The Kier molecular flexibility index (Phi) is 7.53. The second kappa shape index (κ2) is 10.4. The maximum atomic E-state index is 13.9. The first-order chi connectivity index (χ1) is 16.5. The molecule has 2 amide bonds. The van der Waals surface area contributed by atoms with Crippen LogP contribution in [0.25, 0.3) is 5.69 Å². The summed E-state index contributed by atoms with van der Waals surface area (Å²) < 4.78 is 25.7. The van der Waals surface area contributed by atoms with Gasteiger partial charge < -0.3 is 14.8 Å². The summed E-state index contributed by atoms with van der Waals surface area (Å²) in [6.45, 7) is 8.86. The van der Waals surface area contributed by atoms with Gasteiger partial charge in [0.1, 0.15) is 17.0 Å². The maximum absolute atomic E-state index is 13.9. The quantitative estimate of drug-likeness (QED) is 0.473. The van der Waals surface area contributed by atoms with E-state index in [1.165, 1.54) is 12.3 Å². The van der Waals surface area contributed by atoms with Crippen LogP contribution < -0.4 is 10.6 Å². The van der Waals surface area contributed by atoms with Crippen LogP contribution in [-0.2, 0) is 9.47 Å². The standard InChI is InChI=1S/C25H27FN4O5/c1-6-34-23(32)19-14-27-30(15(19)2)18-10-7-16(8-11-18)22(31)28-21-13-17(26)9-12-20(21)29-24(33)35-25(3,4)5/h7-14H,6H2,1-5H3,(H,28,31)(H,29,33). The highest BCUT2D eigenvalue weighted by Gasteiger charge is 2.19. The average molecular weight is 483 g/mol. The molecule has 10 heteroatoms. The molecule has 1 heterocycles. The van der Waals surface area contributed by atoms with E-state index in [0.717, 1.165) is 12.1 Å². The van der Waals surface area contributed by atoms with Gasteiger partial charge in [0, 0.05) is 5.56 Å². The molecule has 0 atom stereocenters. The van der Waals surface area contributed by atoms with Crippen LogP contribution in [0.4, 0.5) is 20.6 Å². The third-order valence-corrected chi connectivity index (χ3v) is 4.74. The fraction of sp³-hybridized carbons (Fsp3) is 0.280. The number of benzene rings is 2. The van der Waals surface area contributed by atoms with Gasteiger partial charge in [0.25, 0.3) is 5.91 Å².